The van der Waals surface area contributed by atoms with Crippen LogP contribution in [0.2, 0.25) is 0 Å². The summed E-state index contributed by atoms with van der Waals surface area (Å²) < 4.78 is 7.06. The molecular weight excluding hydrogens is 348 g/mol. The lowest BCUT2D eigenvalue weighted by Crippen LogP contribution is -2.35. The number of anilines is 1. The minimum atomic E-state index is -0.558. The highest BCUT2D eigenvalue weighted by atomic mass is 32.1. The van der Waals surface area contributed by atoms with Crippen molar-refractivity contribution in [2.24, 2.45) is 5.73 Å². The molecule has 1 aromatic carbocycles. The van der Waals surface area contributed by atoms with Crippen LogP contribution in [-0.2, 0) is 10.4 Å². The quantitative estimate of drug-likeness (QED) is 0.528. The summed E-state index contributed by atoms with van der Waals surface area (Å²) in [6, 6.07) is 5.91. The van der Waals surface area contributed by atoms with Crippen molar-refractivity contribution >= 4 is 33.9 Å². The largest absolute Gasteiger partial charge is 0.457 e. The number of nitrogens with zero attached hydrogens (tertiary/aromatic N) is 2. The van der Waals surface area contributed by atoms with E-state index in [0.29, 0.717) is 16.3 Å². The Labute approximate surface area is 156 Å². The maximum atomic E-state index is 12.1. The summed E-state index contributed by atoms with van der Waals surface area (Å²) in [5.74, 6) is -0.386. The highest BCUT2D eigenvalue weighted by molar-refractivity contribution is 7.17. The first-order valence-corrected chi connectivity index (χ1v) is 8.99. The number of fused-ring (bicyclic) bond motifs is 1. The van der Waals surface area contributed by atoms with Crippen LogP contribution in [0.3, 0.4) is 0 Å². The molecule has 0 bridgehead atoms. The molecule has 136 valence electrons. The first-order valence-electron chi connectivity index (χ1n) is 8.18. The number of esters is 1. The number of carbonyl (C=O) groups is 1. The maximum Gasteiger partial charge on any atom is 0.350 e. The van der Waals surface area contributed by atoms with Crippen LogP contribution >= 0.6 is 11.3 Å². The van der Waals surface area contributed by atoms with Crippen LogP contribution in [-0.4, -0.2) is 22.1 Å². The molecule has 2 heterocycles. The fraction of sp³-hybridized carbons (Fsp3) is 0.263. The van der Waals surface area contributed by atoms with Crippen molar-refractivity contribution in [2.75, 3.05) is 12.3 Å². The topological polar surface area (TPSA) is 96.2 Å². The van der Waals surface area contributed by atoms with Crippen LogP contribution in [0.25, 0.3) is 21.5 Å². The Morgan fingerprint density at radius 3 is 2.85 bits per heavy atom. The SMILES string of the molecule is C=CCOC(=O)c1sc(-c2ccc3c(c2)c(N)cn3C(C)(C)N)nc1C. The maximum absolute atomic E-state index is 12.1. The fourth-order valence-electron chi connectivity index (χ4n) is 2.77. The van der Waals surface area contributed by atoms with E-state index in [-0.39, 0.29) is 12.6 Å². The number of hydrogen-bond acceptors (Lipinski definition) is 6. The standard InChI is InChI=1S/C19H22N4O2S/c1-5-8-25-18(24)16-11(2)22-17(26-16)12-6-7-15-13(9-12)14(20)10-23(15)19(3,4)21/h5-7,9-10H,1,8,20-21H2,2-4H3. The Morgan fingerprint density at radius 1 is 1.46 bits per heavy atom. The number of benzene rings is 1. The molecule has 26 heavy (non-hydrogen) atoms. The average Bonchev–Trinajstić information content (AvgIpc) is 3.13. The van der Waals surface area contributed by atoms with Crippen molar-refractivity contribution in [3.05, 3.63) is 47.6 Å². The van der Waals surface area contributed by atoms with Crippen LogP contribution < -0.4 is 11.5 Å². The van der Waals surface area contributed by atoms with Crippen molar-refractivity contribution in [3.8, 4) is 10.6 Å². The minimum absolute atomic E-state index is 0.177. The monoisotopic (exact) mass is 370 g/mol. The van der Waals surface area contributed by atoms with Gasteiger partial charge in [-0.2, -0.15) is 0 Å². The minimum Gasteiger partial charge on any atom is -0.457 e. The first-order chi connectivity index (χ1) is 12.2. The molecule has 0 atom stereocenters. The van der Waals surface area contributed by atoms with Gasteiger partial charge in [-0.15, -0.1) is 11.3 Å². The third kappa shape index (κ3) is 3.23. The molecule has 0 aliphatic heterocycles. The Bertz CT molecular complexity index is 995. The first kappa shape index (κ1) is 18.2. The van der Waals surface area contributed by atoms with Gasteiger partial charge in [0.25, 0.3) is 0 Å². The molecule has 0 aliphatic rings. The third-order valence-corrected chi connectivity index (χ3v) is 5.20. The van der Waals surface area contributed by atoms with Gasteiger partial charge in [-0.1, -0.05) is 12.7 Å². The van der Waals surface area contributed by atoms with Gasteiger partial charge in [0, 0.05) is 17.1 Å². The van der Waals surface area contributed by atoms with Gasteiger partial charge in [0.2, 0.25) is 0 Å². The molecule has 7 heteroatoms. The molecule has 0 amide bonds. The van der Waals surface area contributed by atoms with Gasteiger partial charge in [0.1, 0.15) is 16.5 Å². The second-order valence-electron chi connectivity index (χ2n) is 6.66. The van der Waals surface area contributed by atoms with Gasteiger partial charge in [-0.3, -0.25) is 0 Å². The van der Waals surface area contributed by atoms with E-state index in [9.17, 15) is 4.79 Å². The predicted molar refractivity (Wildman–Crippen MR) is 106 cm³/mol. The molecule has 0 aliphatic carbocycles. The van der Waals surface area contributed by atoms with Gasteiger partial charge in [0.05, 0.1) is 22.6 Å². The summed E-state index contributed by atoms with van der Waals surface area (Å²) in [5, 5.41) is 1.65. The molecule has 2 aromatic heterocycles. The van der Waals surface area contributed by atoms with Crippen LogP contribution in [0, 0.1) is 6.92 Å². The van der Waals surface area contributed by atoms with Crippen molar-refractivity contribution < 1.29 is 9.53 Å². The summed E-state index contributed by atoms with van der Waals surface area (Å²) >= 11 is 1.31. The summed E-state index contributed by atoms with van der Waals surface area (Å²) in [6.45, 7) is 9.36. The van der Waals surface area contributed by atoms with Crippen LogP contribution in [0.1, 0.15) is 29.2 Å². The zero-order chi connectivity index (χ0) is 19.1. The van der Waals surface area contributed by atoms with E-state index >= 15 is 0 Å². The van der Waals surface area contributed by atoms with Crippen LogP contribution in [0.5, 0.6) is 0 Å². The second kappa shape index (κ2) is 6.59. The Balaban J connectivity index is 2.03. The van der Waals surface area contributed by atoms with Crippen molar-refractivity contribution in [1.29, 1.82) is 0 Å². The van der Waals surface area contributed by atoms with E-state index < -0.39 is 5.66 Å². The second-order valence-corrected chi connectivity index (χ2v) is 7.66. The Hall–Kier alpha value is -2.64. The summed E-state index contributed by atoms with van der Waals surface area (Å²) in [5.41, 5.74) is 15.0. The highest BCUT2D eigenvalue weighted by Gasteiger charge is 2.20. The smallest absolute Gasteiger partial charge is 0.350 e. The molecule has 0 radical (unpaired) electrons. The number of ether oxygens (including phenoxy) is 1. The molecular formula is C19H22N4O2S. The van der Waals surface area contributed by atoms with Gasteiger partial charge < -0.3 is 20.8 Å². The van der Waals surface area contributed by atoms with Crippen molar-refractivity contribution in [2.45, 2.75) is 26.4 Å². The molecule has 0 saturated carbocycles. The Morgan fingerprint density at radius 2 is 2.19 bits per heavy atom. The summed E-state index contributed by atoms with van der Waals surface area (Å²) in [7, 11) is 0. The van der Waals surface area contributed by atoms with E-state index in [0.717, 1.165) is 21.5 Å². The predicted octanol–water partition coefficient (Wildman–Crippen LogP) is 3.65. The lowest BCUT2D eigenvalue weighted by molar-refractivity contribution is 0.0554. The summed E-state index contributed by atoms with van der Waals surface area (Å²) in [6.07, 6.45) is 3.38. The number of aromatic nitrogens is 2. The Kier molecular flexibility index (Phi) is 4.60. The van der Waals surface area contributed by atoms with E-state index in [2.05, 4.69) is 11.6 Å². The van der Waals surface area contributed by atoms with E-state index in [4.69, 9.17) is 16.2 Å². The molecule has 0 saturated heterocycles. The van der Waals surface area contributed by atoms with Crippen molar-refractivity contribution in [3.63, 3.8) is 0 Å². The molecule has 0 unspecified atom stereocenters. The van der Waals surface area contributed by atoms with E-state index in [1.54, 1.807) is 6.92 Å². The molecule has 4 N–H and O–H groups in total. The normalized spacial score (nSPS) is 11.7. The lowest BCUT2D eigenvalue weighted by atomic mass is 10.1. The van der Waals surface area contributed by atoms with Crippen molar-refractivity contribution in [1.82, 2.24) is 9.55 Å². The van der Waals surface area contributed by atoms with Gasteiger partial charge in [0.15, 0.2) is 0 Å². The van der Waals surface area contributed by atoms with Gasteiger partial charge in [-0.05, 0) is 39.0 Å². The van der Waals surface area contributed by atoms with E-state index in [1.165, 1.54) is 17.4 Å². The van der Waals surface area contributed by atoms with Crippen LogP contribution in [0.4, 0.5) is 5.69 Å². The number of carbonyl (C=O) groups excluding carboxylic acids is 1. The van der Waals surface area contributed by atoms with Crippen LogP contribution in [0.15, 0.2) is 37.1 Å². The fourth-order valence-corrected chi connectivity index (χ4v) is 3.73. The van der Waals surface area contributed by atoms with Gasteiger partial charge in [-0.25, -0.2) is 9.78 Å². The number of hydrogen-bond donors (Lipinski definition) is 2. The number of nitrogen functional groups attached to an aromatic ring is 1. The zero-order valence-corrected chi connectivity index (χ0v) is 15.9. The summed E-state index contributed by atoms with van der Waals surface area (Å²) in [4.78, 5) is 17.1. The average molecular weight is 370 g/mol. The number of aryl methyl sites for hydroxylation is 1. The molecule has 6 nitrogen and oxygen atoms in total. The van der Waals surface area contributed by atoms with E-state index in [1.807, 2.05) is 42.8 Å². The number of nitrogens with two attached hydrogens (primary N) is 2. The molecule has 0 fully saturated rings. The molecule has 0 spiro atoms. The number of rotatable bonds is 5. The highest BCUT2D eigenvalue weighted by Crippen LogP contribution is 2.34. The lowest BCUT2D eigenvalue weighted by Gasteiger charge is -2.22. The number of thiazole rings is 1. The molecule has 3 aromatic rings. The third-order valence-electron chi connectivity index (χ3n) is 4.02. The zero-order valence-electron chi connectivity index (χ0n) is 15.1. The molecule has 3 rings (SSSR count). The van der Waals surface area contributed by atoms with Gasteiger partial charge >= 0.3 is 5.97 Å².